The topological polar surface area (TPSA) is 66.0 Å². The SMILES string of the molecule is CNC(=O)Cc1c(Br)c(OCOC)cc(OCOC)c1-c1ccccc1. The van der Waals surface area contributed by atoms with Crippen molar-refractivity contribution < 1.29 is 23.7 Å². The number of hydrogen-bond acceptors (Lipinski definition) is 5. The van der Waals surface area contributed by atoms with Gasteiger partial charge in [0, 0.05) is 32.9 Å². The Morgan fingerprint density at radius 1 is 1.04 bits per heavy atom. The number of rotatable bonds is 9. The molecule has 0 atom stereocenters. The summed E-state index contributed by atoms with van der Waals surface area (Å²) in [5.41, 5.74) is 2.50. The highest BCUT2D eigenvalue weighted by molar-refractivity contribution is 9.10. The largest absolute Gasteiger partial charge is 0.467 e. The van der Waals surface area contributed by atoms with Gasteiger partial charge in [-0.1, -0.05) is 30.3 Å². The Kier molecular flexibility index (Phi) is 7.90. The smallest absolute Gasteiger partial charge is 0.224 e. The molecule has 1 N–H and O–H groups in total. The fourth-order valence-corrected chi connectivity index (χ4v) is 3.03. The molecular formula is C19H22BrNO5. The number of carbonyl (C=O) groups is 1. The van der Waals surface area contributed by atoms with Gasteiger partial charge < -0.3 is 24.3 Å². The maximum Gasteiger partial charge on any atom is 0.224 e. The van der Waals surface area contributed by atoms with E-state index >= 15 is 0 Å². The number of methoxy groups -OCH3 is 2. The summed E-state index contributed by atoms with van der Waals surface area (Å²) < 4.78 is 22.1. The number of benzene rings is 2. The molecule has 0 saturated heterocycles. The predicted molar refractivity (Wildman–Crippen MR) is 102 cm³/mol. The number of likely N-dealkylation sites (N-methyl/N-ethyl adjacent to an activating group) is 1. The van der Waals surface area contributed by atoms with Gasteiger partial charge in [0.15, 0.2) is 13.6 Å². The van der Waals surface area contributed by atoms with Crippen molar-refractivity contribution in [1.82, 2.24) is 5.32 Å². The molecule has 0 heterocycles. The van der Waals surface area contributed by atoms with Gasteiger partial charge in [-0.25, -0.2) is 0 Å². The molecule has 2 rings (SSSR count). The summed E-state index contributed by atoms with van der Waals surface area (Å²) in [4.78, 5) is 12.1. The third-order valence-corrected chi connectivity index (χ3v) is 4.50. The number of halogens is 1. The molecule has 2 aromatic rings. The minimum absolute atomic E-state index is 0.0740. The Hall–Kier alpha value is -2.09. The molecule has 0 spiro atoms. The van der Waals surface area contributed by atoms with Gasteiger partial charge in [-0.15, -0.1) is 0 Å². The van der Waals surface area contributed by atoms with Crippen molar-refractivity contribution in [2.24, 2.45) is 0 Å². The molecule has 6 nitrogen and oxygen atoms in total. The van der Waals surface area contributed by atoms with Gasteiger partial charge in [-0.3, -0.25) is 4.79 Å². The Morgan fingerprint density at radius 2 is 1.65 bits per heavy atom. The molecule has 0 unspecified atom stereocenters. The van der Waals surface area contributed by atoms with Crippen molar-refractivity contribution in [2.45, 2.75) is 6.42 Å². The summed E-state index contributed by atoms with van der Waals surface area (Å²) >= 11 is 3.57. The zero-order valence-corrected chi connectivity index (χ0v) is 16.6. The monoisotopic (exact) mass is 423 g/mol. The minimum Gasteiger partial charge on any atom is -0.467 e. The third-order valence-electron chi connectivity index (χ3n) is 3.63. The minimum atomic E-state index is -0.121. The second kappa shape index (κ2) is 10.2. The molecule has 26 heavy (non-hydrogen) atoms. The maximum atomic E-state index is 12.1. The van der Waals surface area contributed by atoms with Gasteiger partial charge in [0.25, 0.3) is 0 Å². The molecule has 7 heteroatoms. The zero-order chi connectivity index (χ0) is 18.9. The highest BCUT2D eigenvalue weighted by atomic mass is 79.9. The summed E-state index contributed by atoms with van der Waals surface area (Å²) in [5.74, 6) is 0.965. The van der Waals surface area contributed by atoms with Gasteiger partial charge >= 0.3 is 0 Å². The molecular weight excluding hydrogens is 402 g/mol. The summed E-state index contributed by atoms with van der Waals surface area (Å²) in [6, 6.07) is 11.5. The lowest BCUT2D eigenvalue weighted by molar-refractivity contribution is -0.119. The van der Waals surface area contributed by atoms with Gasteiger partial charge in [0.1, 0.15) is 11.5 Å². The van der Waals surface area contributed by atoms with E-state index in [0.717, 1.165) is 16.7 Å². The number of ether oxygens (including phenoxy) is 4. The van der Waals surface area contributed by atoms with Crippen molar-refractivity contribution in [3.8, 4) is 22.6 Å². The van der Waals surface area contributed by atoms with Crippen LogP contribution in [-0.2, 0) is 20.7 Å². The van der Waals surface area contributed by atoms with Crippen molar-refractivity contribution in [2.75, 3.05) is 34.9 Å². The highest BCUT2D eigenvalue weighted by Crippen LogP contribution is 2.43. The van der Waals surface area contributed by atoms with Crippen LogP contribution >= 0.6 is 15.9 Å². The first-order valence-corrected chi connectivity index (χ1v) is 8.76. The van der Waals surface area contributed by atoms with Crippen LogP contribution in [0.25, 0.3) is 11.1 Å². The quantitative estimate of drug-likeness (QED) is 0.626. The molecule has 0 aliphatic rings. The number of carbonyl (C=O) groups excluding carboxylic acids is 1. The van der Waals surface area contributed by atoms with Crippen LogP contribution in [0, 0.1) is 0 Å². The molecule has 1 amide bonds. The molecule has 0 fully saturated rings. The Labute approximate surface area is 161 Å². The van der Waals surface area contributed by atoms with Crippen LogP contribution in [0.5, 0.6) is 11.5 Å². The average Bonchev–Trinajstić information content (AvgIpc) is 2.67. The first-order chi connectivity index (χ1) is 12.6. The van der Waals surface area contributed by atoms with Crippen molar-refractivity contribution in [3.05, 3.63) is 46.4 Å². The maximum absolute atomic E-state index is 12.1. The molecule has 0 saturated carbocycles. The first-order valence-electron chi connectivity index (χ1n) is 7.97. The van der Waals surface area contributed by atoms with Crippen LogP contribution in [0.15, 0.2) is 40.9 Å². The molecule has 0 aliphatic heterocycles. The van der Waals surface area contributed by atoms with E-state index in [4.69, 9.17) is 18.9 Å². The fraction of sp³-hybridized carbons (Fsp3) is 0.316. The van der Waals surface area contributed by atoms with Crippen molar-refractivity contribution >= 4 is 21.8 Å². The average molecular weight is 424 g/mol. The second-order valence-corrected chi connectivity index (χ2v) is 6.15. The van der Waals surface area contributed by atoms with E-state index in [0.29, 0.717) is 16.0 Å². The van der Waals surface area contributed by atoms with E-state index in [-0.39, 0.29) is 25.9 Å². The van der Waals surface area contributed by atoms with Gasteiger partial charge in [-0.2, -0.15) is 0 Å². The molecule has 140 valence electrons. The van der Waals surface area contributed by atoms with E-state index in [1.807, 2.05) is 30.3 Å². The van der Waals surface area contributed by atoms with Crippen LogP contribution < -0.4 is 14.8 Å². The standard InChI is InChI=1S/C19H22BrNO5/c1-21-17(22)9-14-18(13-7-5-4-6-8-13)15(25-11-23-2)10-16(19(14)20)26-12-24-3/h4-8,10H,9,11-12H2,1-3H3,(H,21,22). The lowest BCUT2D eigenvalue weighted by Crippen LogP contribution is -2.21. The molecule has 2 aromatic carbocycles. The van der Waals surface area contributed by atoms with E-state index in [9.17, 15) is 4.79 Å². The van der Waals surface area contributed by atoms with Crippen LogP contribution in [0.2, 0.25) is 0 Å². The first kappa shape index (κ1) is 20.2. The lowest BCUT2D eigenvalue weighted by atomic mass is 9.95. The molecule has 0 aromatic heterocycles. The summed E-state index contributed by atoms with van der Waals surface area (Å²) in [6.45, 7) is 0.150. The number of amides is 1. The van der Waals surface area contributed by atoms with E-state index < -0.39 is 0 Å². The lowest BCUT2D eigenvalue weighted by Gasteiger charge is -2.20. The van der Waals surface area contributed by atoms with E-state index in [1.54, 1.807) is 27.3 Å². The number of hydrogen-bond donors (Lipinski definition) is 1. The van der Waals surface area contributed by atoms with E-state index in [2.05, 4.69) is 21.2 Å². The van der Waals surface area contributed by atoms with Crippen molar-refractivity contribution in [1.29, 1.82) is 0 Å². The van der Waals surface area contributed by atoms with Crippen LogP contribution in [0.3, 0.4) is 0 Å². The van der Waals surface area contributed by atoms with Gasteiger partial charge in [0.05, 0.1) is 10.9 Å². The Bertz CT molecular complexity index is 736. The zero-order valence-electron chi connectivity index (χ0n) is 15.0. The Morgan fingerprint density at radius 3 is 2.23 bits per heavy atom. The third kappa shape index (κ3) is 4.97. The molecule has 0 bridgehead atoms. The Balaban J connectivity index is 2.66. The fourth-order valence-electron chi connectivity index (χ4n) is 2.46. The number of nitrogens with one attached hydrogen (secondary N) is 1. The second-order valence-electron chi connectivity index (χ2n) is 5.36. The summed E-state index contributed by atoms with van der Waals surface area (Å²) in [6.07, 6.45) is 0.162. The molecule has 0 radical (unpaired) electrons. The molecule has 0 aliphatic carbocycles. The summed E-state index contributed by atoms with van der Waals surface area (Å²) in [5, 5.41) is 2.65. The van der Waals surface area contributed by atoms with Gasteiger partial charge in [0.2, 0.25) is 5.91 Å². The normalized spacial score (nSPS) is 10.5. The van der Waals surface area contributed by atoms with Gasteiger partial charge in [-0.05, 0) is 27.1 Å². The van der Waals surface area contributed by atoms with Crippen LogP contribution in [0.4, 0.5) is 0 Å². The summed E-state index contributed by atoms with van der Waals surface area (Å²) in [7, 11) is 4.70. The van der Waals surface area contributed by atoms with Crippen molar-refractivity contribution in [3.63, 3.8) is 0 Å². The highest BCUT2D eigenvalue weighted by Gasteiger charge is 2.22. The van der Waals surface area contributed by atoms with Crippen LogP contribution in [-0.4, -0.2) is 40.8 Å². The van der Waals surface area contributed by atoms with Crippen LogP contribution in [0.1, 0.15) is 5.56 Å². The van der Waals surface area contributed by atoms with E-state index in [1.165, 1.54) is 0 Å². The predicted octanol–water partition coefficient (Wildman–Crippen LogP) is 3.37.